The van der Waals surface area contributed by atoms with Gasteiger partial charge in [0.05, 0.1) is 6.61 Å². The van der Waals surface area contributed by atoms with Gasteiger partial charge in [-0.25, -0.2) is 0 Å². The van der Waals surface area contributed by atoms with E-state index in [4.69, 9.17) is 4.74 Å². The lowest BCUT2D eigenvalue weighted by Gasteiger charge is -2.09. The molecule has 5 nitrogen and oxygen atoms in total. The topological polar surface area (TPSA) is 67.0 Å². The Balaban J connectivity index is 2.32. The predicted octanol–water partition coefficient (Wildman–Crippen LogP) is 2.76. The first-order valence-corrected chi connectivity index (χ1v) is 7.71. The summed E-state index contributed by atoms with van der Waals surface area (Å²) in [4.78, 5) is 12.1. The van der Waals surface area contributed by atoms with Gasteiger partial charge in [-0.3, -0.25) is 4.79 Å². The van der Waals surface area contributed by atoms with Gasteiger partial charge in [0.2, 0.25) is 0 Å². The van der Waals surface area contributed by atoms with E-state index in [1.165, 1.54) is 0 Å². The predicted molar refractivity (Wildman–Crippen MR) is 93.7 cm³/mol. The van der Waals surface area contributed by atoms with E-state index in [-0.39, 0.29) is 11.5 Å². The smallest absolute Gasteiger partial charge is 0.262 e. The highest BCUT2D eigenvalue weighted by Crippen LogP contribution is 2.22. The lowest BCUT2D eigenvalue weighted by molar-refractivity contribution is -0.117. The number of hydrogen-bond donors (Lipinski definition) is 1. The molecule has 0 saturated carbocycles. The fourth-order valence-corrected chi connectivity index (χ4v) is 2.57. The van der Waals surface area contributed by atoms with Crippen molar-refractivity contribution < 1.29 is 9.53 Å². The van der Waals surface area contributed by atoms with Crippen molar-refractivity contribution in [3.8, 4) is 11.8 Å². The van der Waals surface area contributed by atoms with Gasteiger partial charge in [-0.05, 0) is 43.7 Å². The van der Waals surface area contributed by atoms with Gasteiger partial charge >= 0.3 is 0 Å². The monoisotopic (exact) mass is 323 g/mol. The van der Waals surface area contributed by atoms with E-state index < -0.39 is 0 Å². The first-order valence-electron chi connectivity index (χ1n) is 7.71. The summed E-state index contributed by atoms with van der Waals surface area (Å²) in [5, 5.41) is 11.9. The van der Waals surface area contributed by atoms with Crippen LogP contribution in [-0.2, 0) is 9.53 Å². The van der Waals surface area contributed by atoms with Gasteiger partial charge < -0.3 is 14.6 Å². The van der Waals surface area contributed by atoms with Crippen molar-refractivity contribution in [2.75, 3.05) is 20.3 Å². The molecule has 0 atom stereocenters. The van der Waals surface area contributed by atoms with Gasteiger partial charge in [0.1, 0.15) is 11.6 Å². The SMILES string of the molecule is COCCNC(=O)C(C#N)=Cc1cc(C)n(-c2ccccc2)c1C. The number of aryl methyl sites for hydroxylation is 1. The quantitative estimate of drug-likeness (QED) is 0.505. The minimum Gasteiger partial charge on any atom is -0.383 e. The molecular formula is C19H21N3O2. The van der Waals surface area contributed by atoms with Crippen molar-refractivity contribution in [3.63, 3.8) is 0 Å². The molecule has 0 aliphatic rings. The van der Waals surface area contributed by atoms with Crippen LogP contribution in [0.25, 0.3) is 11.8 Å². The summed E-state index contributed by atoms with van der Waals surface area (Å²) in [6, 6.07) is 13.9. The molecule has 2 rings (SSSR count). The van der Waals surface area contributed by atoms with E-state index in [0.717, 1.165) is 22.6 Å². The number of nitriles is 1. The molecule has 0 bridgehead atoms. The highest BCUT2D eigenvalue weighted by molar-refractivity contribution is 6.01. The van der Waals surface area contributed by atoms with Crippen molar-refractivity contribution in [3.05, 3.63) is 58.9 Å². The molecular weight excluding hydrogens is 302 g/mol. The zero-order chi connectivity index (χ0) is 17.5. The van der Waals surface area contributed by atoms with Crippen LogP contribution in [0, 0.1) is 25.2 Å². The van der Waals surface area contributed by atoms with Crippen LogP contribution in [0.1, 0.15) is 17.0 Å². The van der Waals surface area contributed by atoms with Gasteiger partial charge in [-0.2, -0.15) is 5.26 Å². The maximum absolute atomic E-state index is 12.1. The first-order chi connectivity index (χ1) is 11.6. The Morgan fingerprint density at radius 3 is 2.67 bits per heavy atom. The number of carbonyl (C=O) groups is 1. The molecule has 0 aliphatic carbocycles. The lowest BCUT2D eigenvalue weighted by Crippen LogP contribution is -2.27. The molecule has 0 aliphatic heterocycles. The van der Waals surface area contributed by atoms with Crippen molar-refractivity contribution in [2.24, 2.45) is 0 Å². The van der Waals surface area contributed by atoms with Gasteiger partial charge in [0.15, 0.2) is 0 Å². The van der Waals surface area contributed by atoms with Crippen LogP contribution in [0.5, 0.6) is 0 Å². The van der Waals surface area contributed by atoms with Crippen molar-refractivity contribution in [2.45, 2.75) is 13.8 Å². The second-order valence-electron chi connectivity index (χ2n) is 5.42. The number of ether oxygens (including phenoxy) is 1. The summed E-state index contributed by atoms with van der Waals surface area (Å²) in [6.07, 6.45) is 1.63. The summed E-state index contributed by atoms with van der Waals surface area (Å²) in [6.45, 7) is 4.76. The number of hydrogen-bond acceptors (Lipinski definition) is 3. The summed E-state index contributed by atoms with van der Waals surface area (Å²) >= 11 is 0. The van der Waals surface area contributed by atoms with Crippen molar-refractivity contribution in [1.29, 1.82) is 5.26 Å². The molecule has 2 aromatic rings. The minimum absolute atomic E-state index is 0.0828. The van der Waals surface area contributed by atoms with Gasteiger partial charge in [-0.15, -0.1) is 0 Å². The number of nitrogens with zero attached hydrogens (tertiary/aromatic N) is 2. The number of methoxy groups -OCH3 is 1. The number of aromatic nitrogens is 1. The maximum atomic E-state index is 12.1. The fraction of sp³-hybridized carbons (Fsp3) is 0.263. The molecule has 0 fully saturated rings. The van der Waals surface area contributed by atoms with E-state index >= 15 is 0 Å². The number of para-hydroxylation sites is 1. The van der Waals surface area contributed by atoms with E-state index in [0.29, 0.717) is 13.2 Å². The molecule has 0 saturated heterocycles. The number of carbonyl (C=O) groups excluding carboxylic acids is 1. The Morgan fingerprint density at radius 1 is 1.33 bits per heavy atom. The molecule has 0 unspecified atom stereocenters. The molecule has 24 heavy (non-hydrogen) atoms. The van der Waals surface area contributed by atoms with Crippen LogP contribution >= 0.6 is 0 Å². The molecule has 1 heterocycles. The average Bonchev–Trinajstić information content (AvgIpc) is 2.87. The molecule has 1 N–H and O–H groups in total. The van der Waals surface area contributed by atoms with Gasteiger partial charge in [0.25, 0.3) is 5.91 Å². The largest absolute Gasteiger partial charge is 0.383 e. The van der Waals surface area contributed by atoms with Crippen LogP contribution < -0.4 is 5.32 Å². The Morgan fingerprint density at radius 2 is 2.04 bits per heavy atom. The van der Waals surface area contributed by atoms with Crippen LogP contribution in [-0.4, -0.2) is 30.7 Å². The summed E-state index contributed by atoms with van der Waals surface area (Å²) < 4.78 is 6.99. The van der Waals surface area contributed by atoms with E-state index in [1.807, 2.05) is 56.3 Å². The fourth-order valence-electron chi connectivity index (χ4n) is 2.57. The molecule has 124 valence electrons. The Labute approximate surface area is 142 Å². The molecule has 1 aromatic carbocycles. The summed E-state index contributed by atoms with van der Waals surface area (Å²) in [5.74, 6) is -0.390. The number of benzene rings is 1. The molecule has 0 spiro atoms. The third kappa shape index (κ3) is 3.92. The molecule has 1 amide bonds. The second-order valence-corrected chi connectivity index (χ2v) is 5.42. The van der Waals surface area contributed by atoms with Crippen molar-refractivity contribution in [1.82, 2.24) is 9.88 Å². The van der Waals surface area contributed by atoms with Crippen molar-refractivity contribution >= 4 is 12.0 Å². The minimum atomic E-state index is -0.390. The van der Waals surface area contributed by atoms with Crippen LogP contribution in [0.4, 0.5) is 0 Å². The molecule has 1 aromatic heterocycles. The van der Waals surface area contributed by atoms with E-state index in [2.05, 4.69) is 9.88 Å². The number of amides is 1. The number of rotatable bonds is 6. The number of nitrogens with one attached hydrogen (secondary N) is 1. The van der Waals surface area contributed by atoms with E-state index in [1.54, 1.807) is 13.2 Å². The first kappa shape index (κ1) is 17.5. The maximum Gasteiger partial charge on any atom is 0.262 e. The van der Waals surface area contributed by atoms with Gasteiger partial charge in [0, 0.05) is 30.7 Å². The van der Waals surface area contributed by atoms with E-state index in [9.17, 15) is 10.1 Å². The third-order valence-corrected chi connectivity index (χ3v) is 3.74. The summed E-state index contributed by atoms with van der Waals surface area (Å²) in [7, 11) is 1.56. The Bertz CT molecular complexity index is 783. The zero-order valence-electron chi connectivity index (χ0n) is 14.2. The third-order valence-electron chi connectivity index (χ3n) is 3.74. The average molecular weight is 323 g/mol. The highest BCUT2D eigenvalue weighted by atomic mass is 16.5. The zero-order valence-corrected chi connectivity index (χ0v) is 14.2. The lowest BCUT2D eigenvalue weighted by atomic mass is 10.1. The Hall–Kier alpha value is -2.84. The Kier molecular flexibility index (Phi) is 5.94. The van der Waals surface area contributed by atoms with Crippen LogP contribution in [0.15, 0.2) is 42.0 Å². The summed E-state index contributed by atoms with van der Waals surface area (Å²) in [5.41, 5.74) is 4.02. The normalized spacial score (nSPS) is 11.2. The van der Waals surface area contributed by atoms with Crippen LogP contribution in [0.3, 0.4) is 0 Å². The standard InChI is InChI=1S/C19H21N3O2/c1-14-11-16(12-17(13-20)19(23)21-9-10-24-3)15(2)22(14)18-7-5-4-6-8-18/h4-8,11-12H,9-10H2,1-3H3,(H,21,23). The van der Waals surface area contributed by atoms with Gasteiger partial charge in [-0.1, -0.05) is 18.2 Å². The highest BCUT2D eigenvalue weighted by Gasteiger charge is 2.13. The molecule has 0 radical (unpaired) electrons. The second kappa shape index (κ2) is 8.14. The van der Waals surface area contributed by atoms with Crippen LogP contribution in [0.2, 0.25) is 0 Å². The molecule has 5 heteroatoms.